The Kier molecular flexibility index (Phi) is 9.97. The van der Waals surface area contributed by atoms with Crippen LogP contribution in [-0.2, 0) is 11.2 Å². The summed E-state index contributed by atoms with van der Waals surface area (Å²) in [5.41, 5.74) is -0.476. The molecule has 1 aliphatic heterocycles. The molecular weight excluding hydrogens is 459 g/mol. The smallest absolute Gasteiger partial charge is 0.410 e. The van der Waals surface area contributed by atoms with E-state index in [2.05, 4.69) is 15.6 Å². The third-order valence-corrected chi connectivity index (χ3v) is 4.23. The topological polar surface area (TPSA) is 79.1 Å². The second-order valence-corrected chi connectivity index (χ2v) is 7.53. The number of aliphatic imine (C=N–C) groups is 1. The Balaban J connectivity index is 0.00000364. The Bertz CT molecular complexity index is 584. The highest BCUT2D eigenvalue weighted by atomic mass is 127. The van der Waals surface area contributed by atoms with E-state index in [-0.39, 0.29) is 36.1 Å². The van der Waals surface area contributed by atoms with Gasteiger partial charge in [-0.15, -0.1) is 24.0 Å². The number of nitrogens with one attached hydrogen (secondary N) is 2. The quantitative estimate of drug-likeness (QED) is 0.374. The number of rotatable bonds is 5. The minimum absolute atomic E-state index is 0. The van der Waals surface area contributed by atoms with Gasteiger partial charge in [-0.3, -0.25) is 4.99 Å². The number of ether oxygens (including phenoxy) is 1. The molecule has 1 unspecified atom stereocenters. The number of carbonyl (C=O) groups is 1. The zero-order chi connectivity index (χ0) is 19.0. The number of piperidine rings is 1. The summed E-state index contributed by atoms with van der Waals surface area (Å²) in [5.74, 6) is 1.67. The van der Waals surface area contributed by atoms with E-state index in [1.54, 1.807) is 13.3 Å². The maximum atomic E-state index is 12.5. The Hall–Kier alpha value is -1.45. The van der Waals surface area contributed by atoms with Crippen molar-refractivity contribution in [2.45, 2.75) is 58.1 Å². The van der Waals surface area contributed by atoms with Gasteiger partial charge in [-0.05, 0) is 52.2 Å². The van der Waals surface area contributed by atoms with E-state index in [0.29, 0.717) is 6.54 Å². The molecule has 7 nitrogen and oxygen atoms in total. The number of guanidine groups is 1. The molecule has 2 N–H and O–H groups in total. The van der Waals surface area contributed by atoms with Crippen LogP contribution in [0.4, 0.5) is 4.79 Å². The molecule has 0 aromatic carbocycles. The summed E-state index contributed by atoms with van der Waals surface area (Å²) >= 11 is 0. The lowest BCUT2D eigenvalue weighted by Gasteiger charge is -2.37. The molecule has 1 aromatic rings. The second-order valence-electron chi connectivity index (χ2n) is 7.53. The molecule has 1 atom stereocenters. The first kappa shape index (κ1) is 23.6. The van der Waals surface area contributed by atoms with Crippen LogP contribution in [0.1, 0.15) is 45.8 Å². The largest absolute Gasteiger partial charge is 0.469 e. The number of likely N-dealkylation sites (tertiary alicyclic amines) is 1. The molecular formula is C19H33IN4O3. The fraction of sp³-hybridized carbons (Fsp3) is 0.684. The highest BCUT2D eigenvalue weighted by Crippen LogP contribution is 2.20. The predicted molar refractivity (Wildman–Crippen MR) is 118 cm³/mol. The van der Waals surface area contributed by atoms with Gasteiger partial charge in [0.1, 0.15) is 11.4 Å². The van der Waals surface area contributed by atoms with Crippen molar-refractivity contribution in [3.05, 3.63) is 24.2 Å². The van der Waals surface area contributed by atoms with Crippen LogP contribution >= 0.6 is 24.0 Å². The van der Waals surface area contributed by atoms with Gasteiger partial charge in [-0.1, -0.05) is 0 Å². The molecule has 2 heterocycles. The van der Waals surface area contributed by atoms with E-state index in [0.717, 1.165) is 50.5 Å². The second kappa shape index (κ2) is 11.4. The first-order chi connectivity index (χ1) is 12.4. The average Bonchev–Trinajstić information content (AvgIpc) is 3.10. The van der Waals surface area contributed by atoms with Crippen molar-refractivity contribution in [2.75, 3.05) is 26.7 Å². The van der Waals surface area contributed by atoms with Crippen LogP contribution in [0.2, 0.25) is 0 Å². The third-order valence-electron chi connectivity index (χ3n) is 4.23. The molecule has 0 bridgehead atoms. The molecule has 8 heteroatoms. The van der Waals surface area contributed by atoms with Crippen LogP contribution in [0.5, 0.6) is 0 Å². The molecule has 0 saturated carbocycles. The van der Waals surface area contributed by atoms with Crippen LogP contribution < -0.4 is 10.6 Å². The third kappa shape index (κ3) is 8.40. The molecule has 0 aliphatic carbocycles. The number of nitrogens with zero attached hydrogens (tertiary/aromatic N) is 2. The zero-order valence-electron chi connectivity index (χ0n) is 16.8. The number of amides is 1. The van der Waals surface area contributed by atoms with Gasteiger partial charge in [0.2, 0.25) is 0 Å². The van der Waals surface area contributed by atoms with Gasteiger partial charge in [0, 0.05) is 33.1 Å². The lowest BCUT2D eigenvalue weighted by atomic mass is 10.0. The first-order valence-corrected chi connectivity index (χ1v) is 9.35. The molecule has 0 radical (unpaired) electrons. The number of carbonyl (C=O) groups excluding carboxylic acids is 1. The molecule has 0 spiro atoms. The Morgan fingerprint density at radius 3 is 2.78 bits per heavy atom. The standard InChI is InChI=1S/C19H32N4O3.HI/c1-19(2,3)26-18(24)23-12-6-5-8-15(23)14-22-17(20-4)21-11-10-16-9-7-13-25-16;/h7,9,13,15H,5-6,8,10-12,14H2,1-4H3,(H2,20,21,22);1H. The lowest BCUT2D eigenvalue weighted by Crippen LogP contribution is -2.52. The van der Waals surface area contributed by atoms with Crippen molar-refractivity contribution in [2.24, 2.45) is 4.99 Å². The summed E-state index contributed by atoms with van der Waals surface area (Å²) < 4.78 is 10.9. The first-order valence-electron chi connectivity index (χ1n) is 9.35. The Morgan fingerprint density at radius 2 is 2.15 bits per heavy atom. The maximum Gasteiger partial charge on any atom is 0.410 e. The number of hydrogen-bond acceptors (Lipinski definition) is 4. The van der Waals surface area contributed by atoms with Crippen molar-refractivity contribution in [3.8, 4) is 0 Å². The van der Waals surface area contributed by atoms with Gasteiger partial charge in [0.25, 0.3) is 0 Å². The fourth-order valence-electron chi connectivity index (χ4n) is 2.97. The van der Waals surface area contributed by atoms with Crippen LogP contribution in [0.3, 0.4) is 0 Å². The van der Waals surface area contributed by atoms with Crippen LogP contribution in [-0.4, -0.2) is 55.3 Å². The number of furan rings is 1. The van der Waals surface area contributed by atoms with E-state index in [9.17, 15) is 4.79 Å². The van der Waals surface area contributed by atoms with Crippen molar-refractivity contribution < 1.29 is 13.9 Å². The maximum absolute atomic E-state index is 12.5. The zero-order valence-corrected chi connectivity index (χ0v) is 19.1. The number of hydrogen-bond donors (Lipinski definition) is 2. The van der Waals surface area contributed by atoms with Crippen molar-refractivity contribution in [1.82, 2.24) is 15.5 Å². The molecule has 1 aromatic heterocycles. The van der Waals surface area contributed by atoms with Gasteiger partial charge >= 0.3 is 6.09 Å². The molecule has 1 fully saturated rings. The van der Waals surface area contributed by atoms with Crippen molar-refractivity contribution in [3.63, 3.8) is 0 Å². The molecule has 1 saturated heterocycles. The molecule has 1 amide bonds. The fourth-order valence-corrected chi connectivity index (χ4v) is 2.97. The molecule has 154 valence electrons. The van der Waals surface area contributed by atoms with E-state index < -0.39 is 5.60 Å². The van der Waals surface area contributed by atoms with Gasteiger partial charge in [0.15, 0.2) is 5.96 Å². The van der Waals surface area contributed by atoms with Gasteiger partial charge in [-0.25, -0.2) is 4.79 Å². The summed E-state index contributed by atoms with van der Waals surface area (Å²) in [6.07, 6.45) is 5.35. The normalized spacial score (nSPS) is 17.9. The summed E-state index contributed by atoms with van der Waals surface area (Å²) in [6, 6.07) is 3.96. The van der Waals surface area contributed by atoms with E-state index in [1.807, 2.05) is 37.8 Å². The van der Waals surface area contributed by atoms with E-state index in [1.165, 1.54) is 0 Å². The Labute approximate surface area is 179 Å². The minimum atomic E-state index is -0.476. The Morgan fingerprint density at radius 1 is 1.37 bits per heavy atom. The van der Waals surface area contributed by atoms with Gasteiger partial charge in [-0.2, -0.15) is 0 Å². The lowest BCUT2D eigenvalue weighted by molar-refractivity contribution is 0.0104. The SMILES string of the molecule is CN=C(NCCc1ccco1)NCC1CCCCN1C(=O)OC(C)(C)C.I. The van der Waals surface area contributed by atoms with Crippen molar-refractivity contribution in [1.29, 1.82) is 0 Å². The molecule has 2 rings (SSSR count). The van der Waals surface area contributed by atoms with Gasteiger partial charge in [0.05, 0.1) is 12.3 Å². The highest BCUT2D eigenvalue weighted by molar-refractivity contribution is 14.0. The highest BCUT2D eigenvalue weighted by Gasteiger charge is 2.30. The van der Waals surface area contributed by atoms with Gasteiger partial charge < -0.3 is 24.7 Å². The average molecular weight is 492 g/mol. The van der Waals surface area contributed by atoms with Crippen LogP contribution in [0, 0.1) is 0 Å². The summed E-state index contributed by atoms with van der Waals surface area (Å²) in [5, 5.41) is 6.60. The monoisotopic (exact) mass is 492 g/mol. The summed E-state index contributed by atoms with van der Waals surface area (Å²) in [6.45, 7) is 7.81. The summed E-state index contributed by atoms with van der Waals surface area (Å²) in [7, 11) is 1.74. The summed E-state index contributed by atoms with van der Waals surface area (Å²) in [4.78, 5) is 18.6. The van der Waals surface area contributed by atoms with Crippen molar-refractivity contribution >= 4 is 36.0 Å². The number of halogens is 1. The van der Waals surface area contributed by atoms with Crippen LogP contribution in [0.25, 0.3) is 0 Å². The minimum Gasteiger partial charge on any atom is -0.469 e. The van der Waals surface area contributed by atoms with Crippen LogP contribution in [0.15, 0.2) is 27.8 Å². The molecule has 27 heavy (non-hydrogen) atoms. The van der Waals surface area contributed by atoms with E-state index in [4.69, 9.17) is 9.15 Å². The van der Waals surface area contributed by atoms with E-state index >= 15 is 0 Å². The predicted octanol–water partition coefficient (Wildman–Crippen LogP) is 3.39. The molecule has 1 aliphatic rings.